The molecule has 0 aromatic carbocycles. The van der Waals surface area contributed by atoms with Gasteiger partial charge in [-0.15, -0.1) is 0 Å². The first-order chi connectivity index (χ1) is 11.8. The second-order valence-corrected chi connectivity index (χ2v) is 5.98. The van der Waals surface area contributed by atoms with E-state index in [0.29, 0.717) is 5.82 Å². The van der Waals surface area contributed by atoms with Gasteiger partial charge < -0.3 is 5.32 Å². The quantitative estimate of drug-likeness (QED) is 0.753. The Balaban J connectivity index is 2.05. The van der Waals surface area contributed by atoms with Gasteiger partial charge >= 0.3 is 5.69 Å². The first-order valence-electron chi connectivity index (χ1n) is 7.73. The third-order valence-corrected chi connectivity index (χ3v) is 3.94. The van der Waals surface area contributed by atoms with E-state index in [1.165, 1.54) is 30.8 Å². The number of carbonyl (C=O) groups is 1. The lowest BCUT2D eigenvalue weighted by molar-refractivity contribution is 0.102. The molecule has 0 bridgehead atoms. The highest BCUT2D eigenvalue weighted by molar-refractivity contribution is 6.03. The molecule has 25 heavy (non-hydrogen) atoms. The Kier molecular flexibility index (Phi) is 3.99. The number of rotatable bonds is 3. The Morgan fingerprint density at radius 1 is 1.12 bits per heavy atom. The number of aryl methyl sites for hydroxylation is 1. The van der Waals surface area contributed by atoms with Crippen LogP contribution >= 0.6 is 0 Å². The maximum Gasteiger partial charge on any atom is 0.332 e. The number of pyridine rings is 1. The van der Waals surface area contributed by atoms with Gasteiger partial charge in [-0.2, -0.15) is 5.10 Å². The number of carbonyl (C=O) groups excluding carboxylic acids is 1. The second kappa shape index (κ2) is 6.00. The number of nitrogens with zero attached hydrogens (tertiary/aromatic N) is 5. The smallest absolute Gasteiger partial charge is 0.305 e. The molecule has 0 fully saturated rings. The van der Waals surface area contributed by atoms with Crippen LogP contribution in [-0.4, -0.2) is 29.8 Å². The van der Waals surface area contributed by atoms with Crippen LogP contribution in [0.25, 0.3) is 11.0 Å². The fourth-order valence-corrected chi connectivity index (χ4v) is 2.59. The first kappa shape index (κ1) is 16.6. The van der Waals surface area contributed by atoms with E-state index in [1.54, 1.807) is 16.9 Å². The predicted molar refractivity (Wildman–Crippen MR) is 92.8 cm³/mol. The third kappa shape index (κ3) is 2.73. The van der Waals surface area contributed by atoms with Crippen LogP contribution in [0, 0.1) is 0 Å². The molecule has 1 N–H and O–H groups in total. The van der Waals surface area contributed by atoms with Gasteiger partial charge in [-0.1, -0.05) is 0 Å². The van der Waals surface area contributed by atoms with E-state index in [4.69, 9.17) is 0 Å². The molecule has 0 saturated heterocycles. The van der Waals surface area contributed by atoms with Crippen molar-refractivity contribution in [3.8, 4) is 0 Å². The van der Waals surface area contributed by atoms with Crippen molar-refractivity contribution in [1.29, 1.82) is 0 Å². The van der Waals surface area contributed by atoms with Crippen LogP contribution < -0.4 is 16.6 Å². The summed E-state index contributed by atoms with van der Waals surface area (Å²) in [4.78, 5) is 40.9. The van der Waals surface area contributed by atoms with Gasteiger partial charge in [0, 0.05) is 26.2 Å². The van der Waals surface area contributed by atoms with E-state index in [1.807, 2.05) is 13.8 Å². The van der Waals surface area contributed by atoms with Crippen molar-refractivity contribution >= 4 is 22.8 Å². The lowest BCUT2D eigenvalue weighted by atomic mass is 10.2. The summed E-state index contributed by atoms with van der Waals surface area (Å²) in [5, 5.41) is 7.16. The zero-order valence-electron chi connectivity index (χ0n) is 14.3. The highest BCUT2D eigenvalue weighted by Crippen LogP contribution is 2.14. The number of hydrogen-bond acceptors (Lipinski definition) is 5. The summed E-state index contributed by atoms with van der Waals surface area (Å²) in [6.07, 6.45) is 1.59. The summed E-state index contributed by atoms with van der Waals surface area (Å²) in [5.41, 5.74) is -0.679. The summed E-state index contributed by atoms with van der Waals surface area (Å²) < 4.78 is 3.92. The zero-order valence-corrected chi connectivity index (χ0v) is 14.3. The molecule has 130 valence electrons. The van der Waals surface area contributed by atoms with Gasteiger partial charge in [0.15, 0.2) is 0 Å². The lowest BCUT2D eigenvalue weighted by Gasteiger charge is -2.12. The maximum atomic E-state index is 12.5. The van der Waals surface area contributed by atoms with Crippen LogP contribution in [0.1, 0.15) is 30.4 Å². The molecular weight excluding hydrogens is 324 g/mol. The largest absolute Gasteiger partial charge is 0.332 e. The Bertz CT molecular complexity index is 1090. The van der Waals surface area contributed by atoms with Gasteiger partial charge in [0.2, 0.25) is 0 Å². The Labute approximate surface area is 142 Å². The molecule has 9 heteroatoms. The minimum atomic E-state index is -0.500. The van der Waals surface area contributed by atoms with E-state index in [0.717, 1.165) is 4.57 Å². The molecule has 0 atom stereocenters. The molecule has 3 aromatic heterocycles. The van der Waals surface area contributed by atoms with Gasteiger partial charge in [-0.05, 0) is 26.0 Å². The molecule has 3 rings (SSSR count). The SMILES string of the molecule is CC(C)n1nccc1NC(=O)c1ccc2c(=O)n(C)c(=O)n(C)c2n1. The van der Waals surface area contributed by atoms with Crippen LogP contribution in [0.2, 0.25) is 0 Å². The first-order valence-corrected chi connectivity index (χ1v) is 7.73. The highest BCUT2D eigenvalue weighted by atomic mass is 16.2. The average molecular weight is 342 g/mol. The van der Waals surface area contributed by atoms with E-state index in [-0.39, 0.29) is 22.8 Å². The molecule has 3 heterocycles. The summed E-state index contributed by atoms with van der Waals surface area (Å²) in [6.45, 7) is 3.89. The van der Waals surface area contributed by atoms with E-state index >= 15 is 0 Å². The van der Waals surface area contributed by atoms with Gasteiger partial charge in [0.05, 0.1) is 11.6 Å². The minimum absolute atomic E-state index is 0.0821. The summed E-state index contributed by atoms with van der Waals surface area (Å²) in [7, 11) is 2.91. The van der Waals surface area contributed by atoms with Crippen molar-refractivity contribution in [2.75, 3.05) is 5.32 Å². The van der Waals surface area contributed by atoms with Gasteiger partial charge in [-0.3, -0.25) is 18.7 Å². The third-order valence-electron chi connectivity index (χ3n) is 3.94. The topological polar surface area (TPSA) is 104 Å². The number of nitrogens with one attached hydrogen (secondary N) is 1. The number of anilines is 1. The van der Waals surface area contributed by atoms with Crippen LogP contribution in [0.5, 0.6) is 0 Å². The molecule has 0 aliphatic carbocycles. The maximum absolute atomic E-state index is 12.5. The molecular formula is C16H18N6O3. The molecule has 3 aromatic rings. The number of aromatic nitrogens is 5. The van der Waals surface area contributed by atoms with Crippen LogP contribution in [0.4, 0.5) is 5.82 Å². The van der Waals surface area contributed by atoms with Crippen LogP contribution in [0.15, 0.2) is 34.0 Å². The molecule has 0 spiro atoms. The highest BCUT2D eigenvalue weighted by Gasteiger charge is 2.15. The van der Waals surface area contributed by atoms with Crippen molar-refractivity contribution in [2.24, 2.45) is 14.1 Å². The van der Waals surface area contributed by atoms with Crippen molar-refractivity contribution in [2.45, 2.75) is 19.9 Å². The van der Waals surface area contributed by atoms with Crippen LogP contribution in [0.3, 0.4) is 0 Å². The number of hydrogen-bond donors (Lipinski definition) is 1. The number of fused-ring (bicyclic) bond motifs is 1. The number of amides is 1. The van der Waals surface area contributed by atoms with Crippen molar-refractivity contribution in [3.05, 3.63) is 50.9 Å². The summed E-state index contributed by atoms with van der Waals surface area (Å²) in [6, 6.07) is 4.72. The molecule has 9 nitrogen and oxygen atoms in total. The van der Waals surface area contributed by atoms with Crippen LogP contribution in [-0.2, 0) is 14.1 Å². The summed E-state index contributed by atoms with van der Waals surface area (Å²) >= 11 is 0. The average Bonchev–Trinajstić information content (AvgIpc) is 3.05. The zero-order chi connectivity index (χ0) is 18.3. The minimum Gasteiger partial charge on any atom is -0.305 e. The second-order valence-electron chi connectivity index (χ2n) is 5.98. The van der Waals surface area contributed by atoms with E-state index in [9.17, 15) is 14.4 Å². The van der Waals surface area contributed by atoms with Gasteiger partial charge in [0.25, 0.3) is 11.5 Å². The Morgan fingerprint density at radius 3 is 2.52 bits per heavy atom. The standard InChI is InChI=1S/C16H18N6O3/c1-9(2)22-12(7-8-17-22)19-14(23)11-6-5-10-13(18-11)20(3)16(25)21(4)15(10)24/h5-9H,1-4H3,(H,19,23). The van der Waals surface area contributed by atoms with E-state index < -0.39 is 17.2 Å². The molecule has 0 saturated carbocycles. The van der Waals surface area contributed by atoms with Crippen molar-refractivity contribution in [3.63, 3.8) is 0 Å². The van der Waals surface area contributed by atoms with Gasteiger partial charge in [-0.25, -0.2) is 14.5 Å². The molecule has 0 radical (unpaired) electrons. The monoisotopic (exact) mass is 342 g/mol. The fourth-order valence-electron chi connectivity index (χ4n) is 2.59. The molecule has 1 amide bonds. The summed E-state index contributed by atoms with van der Waals surface area (Å²) in [5.74, 6) is 0.0946. The van der Waals surface area contributed by atoms with Crippen molar-refractivity contribution in [1.82, 2.24) is 23.9 Å². The molecule has 0 aliphatic rings. The predicted octanol–water partition coefficient (Wildman–Crippen LogP) is 0.662. The molecule has 0 unspecified atom stereocenters. The Hall–Kier alpha value is -3.23. The van der Waals surface area contributed by atoms with Crippen molar-refractivity contribution < 1.29 is 4.79 Å². The molecule has 0 aliphatic heterocycles. The lowest BCUT2D eigenvalue weighted by Crippen LogP contribution is -2.37. The van der Waals surface area contributed by atoms with E-state index in [2.05, 4.69) is 15.4 Å². The fraction of sp³-hybridized carbons (Fsp3) is 0.312. The van der Waals surface area contributed by atoms with Gasteiger partial charge in [0.1, 0.15) is 17.2 Å². The Morgan fingerprint density at radius 2 is 1.84 bits per heavy atom. The normalized spacial score (nSPS) is 11.2.